The monoisotopic (exact) mass is 413 g/mol. The van der Waals surface area contributed by atoms with Crippen LogP contribution < -0.4 is 16.4 Å². The van der Waals surface area contributed by atoms with Gasteiger partial charge in [-0.25, -0.2) is 4.79 Å². The number of carbonyl (C=O) groups is 1. The molecular formula is C21H24ClN5O2. The van der Waals surface area contributed by atoms with E-state index in [1.54, 1.807) is 0 Å². The molecule has 0 bridgehead atoms. The van der Waals surface area contributed by atoms with Crippen LogP contribution in [0.15, 0.2) is 53.1 Å². The minimum Gasteiger partial charge on any atom is -0.334 e. The first-order valence-corrected chi connectivity index (χ1v) is 9.41. The van der Waals surface area contributed by atoms with Crippen molar-refractivity contribution in [3.8, 4) is 11.5 Å². The van der Waals surface area contributed by atoms with Crippen LogP contribution in [0, 0.1) is 6.92 Å². The molecule has 1 aromatic heterocycles. The molecule has 2 amide bonds. The number of anilines is 2. The standard InChI is InChI=1S/C21H23N5O2.ClH/c1-14-9-10-15(18-25-19(26-28-18)21(22)11-5-6-12-21)13-17(14)24-20(27)23-16-7-3-2-4-8-16;/h2-4,7-10,13H,5-6,11-12,22H2,1H3,(H2,23,24,27);1H. The number of rotatable bonds is 4. The number of nitrogens with two attached hydrogens (primary N) is 1. The zero-order valence-corrected chi connectivity index (χ0v) is 17.0. The number of hydrogen-bond acceptors (Lipinski definition) is 5. The Morgan fingerprint density at radius 1 is 1.10 bits per heavy atom. The molecule has 29 heavy (non-hydrogen) atoms. The molecule has 0 radical (unpaired) electrons. The maximum absolute atomic E-state index is 12.3. The maximum atomic E-state index is 12.3. The number of amides is 2. The summed E-state index contributed by atoms with van der Waals surface area (Å²) in [7, 11) is 0. The minimum atomic E-state index is -0.497. The second kappa shape index (κ2) is 8.63. The number of hydrogen-bond donors (Lipinski definition) is 3. The van der Waals surface area contributed by atoms with E-state index in [9.17, 15) is 4.79 Å². The Hall–Kier alpha value is -2.90. The first-order chi connectivity index (χ1) is 13.5. The van der Waals surface area contributed by atoms with Gasteiger partial charge in [0.05, 0.1) is 5.54 Å². The quantitative estimate of drug-likeness (QED) is 0.567. The molecule has 152 valence electrons. The lowest BCUT2D eigenvalue weighted by Gasteiger charge is -2.17. The van der Waals surface area contributed by atoms with E-state index in [-0.39, 0.29) is 18.4 Å². The molecule has 2 aromatic carbocycles. The Labute approximate surface area is 175 Å². The summed E-state index contributed by atoms with van der Waals surface area (Å²) in [5, 5.41) is 9.78. The van der Waals surface area contributed by atoms with Crippen molar-refractivity contribution >= 4 is 29.8 Å². The van der Waals surface area contributed by atoms with E-state index < -0.39 is 5.54 Å². The highest BCUT2D eigenvalue weighted by Gasteiger charge is 2.36. The number of aromatic nitrogens is 2. The summed E-state index contributed by atoms with van der Waals surface area (Å²) >= 11 is 0. The van der Waals surface area contributed by atoms with Crippen molar-refractivity contribution in [3.63, 3.8) is 0 Å². The third-order valence-electron chi connectivity index (χ3n) is 5.13. The lowest BCUT2D eigenvalue weighted by Crippen LogP contribution is -2.34. The van der Waals surface area contributed by atoms with E-state index >= 15 is 0 Å². The first-order valence-electron chi connectivity index (χ1n) is 9.41. The smallest absolute Gasteiger partial charge is 0.323 e. The van der Waals surface area contributed by atoms with E-state index in [1.165, 1.54) is 0 Å². The van der Waals surface area contributed by atoms with Crippen molar-refractivity contribution in [3.05, 3.63) is 59.9 Å². The normalized spacial score (nSPS) is 14.8. The summed E-state index contributed by atoms with van der Waals surface area (Å²) in [5.41, 5.74) is 8.98. The average Bonchev–Trinajstić information content (AvgIpc) is 3.35. The molecule has 8 heteroatoms. The van der Waals surface area contributed by atoms with Gasteiger partial charge >= 0.3 is 6.03 Å². The van der Waals surface area contributed by atoms with E-state index in [0.717, 1.165) is 42.5 Å². The van der Waals surface area contributed by atoms with Crippen LogP contribution in [-0.4, -0.2) is 16.2 Å². The number of urea groups is 1. The Morgan fingerprint density at radius 3 is 2.55 bits per heavy atom. The third-order valence-corrected chi connectivity index (χ3v) is 5.13. The summed E-state index contributed by atoms with van der Waals surface area (Å²) in [6.07, 6.45) is 3.89. The fraction of sp³-hybridized carbons (Fsp3) is 0.286. The van der Waals surface area contributed by atoms with Gasteiger partial charge in [-0.2, -0.15) is 4.98 Å². The van der Waals surface area contributed by atoms with Crippen molar-refractivity contribution in [2.45, 2.75) is 38.1 Å². The van der Waals surface area contributed by atoms with Gasteiger partial charge in [-0.05, 0) is 49.6 Å². The first kappa shape index (κ1) is 20.8. The summed E-state index contributed by atoms with van der Waals surface area (Å²) in [4.78, 5) is 16.8. The van der Waals surface area contributed by atoms with Crippen LogP contribution in [0.25, 0.3) is 11.5 Å². The molecule has 0 aliphatic heterocycles. The lowest BCUT2D eigenvalue weighted by molar-refractivity contribution is 0.262. The van der Waals surface area contributed by atoms with Crippen LogP contribution in [-0.2, 0) is 5.54 Å². The lowest BCUT2D eigenvalue weighted by atomic mass is 9.98. The maximum Gasteiger partial charge on any atom is 0.323 e. The number of benzene rings is 2. The van der Waals surface area contributed by atoms with Gasteiger partial charge in [-0.15, -0.1) is 12.4 Å². The van der Waals surface area contributed by atoms with Crippen molar-refractivity contribution in [2.75, 3.05) is 10.6 Å². The number of nitrogens with zero attached hydrogens (tertiary/aromatic N) is 2. The molecule has 4 rings (SSSR count). The molecule has 1 saturated carbocycles. The zero-order chi connectivity index (χ0) is 19.6. The topological polar surface area (TPSA) is 106 Å². The molecule has 0 spiro atoms. The van der Waals surface area contributed by atoms with Crippen LogP contribution in [0.4, 0.5) is 16.2 Å². The highest BCUT2D eigenvalue weighted by atomic mass is 35.5. The van der Waals surface area contributed by atoms with Gasteiger partial charge in [0.1, 0.15) is 0 Å². The third kappa shape index (κ3) is 4.58. The Morgan fingerprint density at radius 2 is 1.83 bits per heavy atom. The predicted molar refractivity (Wildman–Crippen MR) is 115 cm³/mol. The van der Waals surface area contributed by atoms with Gasteiger partial charge in [0.15, 0.2) is 5.82 Å². The number of carbonyl (C=O) groups excluding carboxylic acids is 1. The molecule has 3 aromatic rings. The molecular weight excluding hydrogens is 390 g/mol. The van der Waals surface area contributed by atoms with Crippen molar-refractivity contribution in [1.82, 2.24) is 10.1 Å². The fourth-order valence-corrected chi connectivity index (χ4v) is 3.47. The van der Waals surface area contributed by atoms with E-state index in [2.05, 4.69) is 20.8 Å². The highest BCUT2D eigenvalue weighted by molar-refractivity contribution is 6.00. The predicted octanol–water partition coefficient (Wildman–Crippen LogP) is 4.84. The SMILES string of the molecule is Cc1ccc(-c2nc(C3(N)CCCC3)no2)cc1NC(=O)Nc1ccccc1.Cl. The van der Waals surface area contributed by atoms with Crippen molar-refractivity contribution < 1.29 is 9.32 Å². The molecule has 1 heterocycles. The van der Waals surface area contributed by atoms with Gasteiger partial charge in [0.25, 0.3) is 5.89 Å². The number of nitrogens with one attached hydrogen (secondary N) is 2. The Balaban J connectivity index is 0.00000240. The minimum absolute atomic E-state index is 0. The van der Waals surface area contributed by atoms with E-state index in [1.807, 2.05) is 55.5 Å². The number of halogens is 1. The average molecular weight is 414 g/mol. The van der Waals surface area contributed by atoms with Crippen LogP contribution >= 0.6 is 12.4 Å². The number of aryl methyl sites for hydroxylation is 1. The molecule has 1 aliphatic rings. The second-order valence-corrected chi connectivity index (χ2v) is 7.26. The zero-order valence-electron chi connectivity index (χ0n) is 16.1. The summed E-state index contributed by atoms with van der Waals surface area (Å²) in [5.74, 6) is 0.954. The van der Waals surface area contributed by atoms with Gasteiger partial charge < -0.3 is 20.9 Å². The second-order valence-electron chi connectivity index (χ2n) is 7.26. The molecule has 0 atom stereocenters. The molecule has 7 nitrogen and oxygen atoms in total. The highest BCUT2D eigenvalue weighted by Crippen LogP contribution is 2.35. The van der Waals surface area contributed by atoms with Crippen molar-refractivity contribution in [2.24, 2.45) is 5.73 Å². The summed E-state index contributed by atoms with van der Waals surface area (Å²) in [6, 6.07) is 14.6. The summed E-state index contributed by atoms with van der Waals surface area (Å²) in [6.45, 7) is 1.93. The fourth-order valence-electron chi connectivity index (χ4n) is 3.47. The van der Waals surface area contributed by atoms with Crippen LogP contribution in [0.1, 0.15) is 37.1 Å². The van der Waals surface area contributed by atoms with Gasteiger partial charge in [0.2, 0.25) is 0 Å². The largest absolute Gasteiger partial charge is 0.334 e. The van der Waals surface area contributed by atoms with E-state index in [0.29, 0.717) is 17.4 Å². The van der Waals surface area contributed by atoms with Crippen LogP contribution in [0.2, 0.25) is 0 Å². The molecule has 1 fully saturated rings. The van der Waals surface area contributed by atoms with Gasteiger partial charge in [-0.1, -0.05) is 42.3 Å². The van der Waals surface area contributed by atoms with Crippen molar-refractivity contribution in [1.29, 1.82) is 0 Å². The molecule has 0 saturated heterocycles. The Bertz CT molecular complexity index is 984. The molecule has 0 unspecified atom stereocenters. The van der Waals surface area contributed by atoms with Gasteiger partial charge in [-0.3, -0.25) is 0 Å². The van der Waals surface area contributed by atoms with Crippen LogP contribution in [0.3, 0.4) is 0 Å². The summed E-state index contributed by atoms with van der Waals surface area (Å²) < 4.78 is 5.45. The molecule has 1 aliphatic carbocycles. The Kier molecular flexibility index (Phi) is 6.20. The van der Waals surface area contributed by atoms with Gasteiger partial charge in [0, 0.05) is 16.9 Å². The van der Waals surface area contributed by atoms with Crippen LogP contribution in [0.5, 0.6) is 0 Å². The molecule has 4 N–H and O–H groups in total. The van der Waals surface area contributed by atoms with E-state index in [4.69, 9.17) is 10.3 Å². The number of para-hydroxylation sites is 1.